The van der Waals surface area contributed by atoms with Crippen LogP contribution in [0.2, 0.25) is 0 Å². The molecule has 138 valence electrons. The van der Waals surface area contributed by atoms with Crippen molar-refractivity contribution in [1.82, 2.24) is 0 Å². The minimum atomic E-state index is -0.325. The fourth-order valence-corrected chi connectivity index (χ4v) is 2.43. The van der Waals surface area contributed by atoms with Gasteiger partial charge in [0.2, 0.25) is 0 Å². The molecule has 0 aliphatic rings. The molecule has 0 unspecified atom stereocenters. The van der Waals surface area contributed by atoms with Crippen molar-refractivity contribution in [3.05, 3.63) is 84.7 Å². The van der Waals surface area contributed by atoms with Crippen LogP contribution in [0.1, 0.15) is 16.8 Å². The van der Waals surface area contributed by atoms with Crippen LogP contribution in [0.5, 0.6) is 17.2 Å². The van der Waals surface area contributed by atoms with E-state index < -0.39 is 0 Å². The summed E-state index contributed by atoms with van der Waals surface area (Å²) >= 11 is 0. The molecule has 1 aromatic heterocycles. The van der Waals surface area contributed by atoms with Crippen LogP contribution in [0, 0.1) is 0 Å². The molecule has 3 aromatic rings. The molecule has 0 amide bonds. The van der Waals surface area contributed by atoms with E-state index >= 15 is 0 Å². The highest BCUT2D eigenvalue weighted by atomic mass is 16.5. The van der Waals surface area contributed by atoms with Crippen LogP contribution in [0.15, 0.2) is 79.1 Å². The van der Waals surface area contributed by atoms with E-state index in [0.29, 0.717) is 25.2 Å². The second-order valence-electron chi connectivity index (χ2n) is 5.98. The van der Waals surface area contributed by atoms with Crippen LogP contribution in [0.4, 0.5) is 0 Å². The van der Waals surface area contributed by atoms with Crippen LogP contribution in [0.3, 0.4) is 0 Å². The fourth-order valence-electron chi connectivity index (χ4n) is 2.43. The Hall–Kier alpha value is -3.34. The maximum atomic E-state index is 11.9. The van der Waals surface area contributed by atoms with Gasteiger partial charge in [-0.3, -0.25) is 0 Å². The Morgan fingerprint density at radius 3 is 2.30 bits per heavy atom. The van der Waals surface area contributed by atoms with Crippen LogP contribution in [-0.4, -0.2) is 19.2 Å². The largest absolute Gasteiger partial charge is 0.493 e. The summed E-state index contributed by atoms with van der Waals surface area (Å²) in [5.74, 6) is 1.96. The molecule has 0 radical (unpaired) electrons. The van der Waals surface area contributed by atoms with Crippen molar-refractivity contribution in [3.63, 3.8) is 0 Å². The lowest BCUT2D eigenvalue weighted by atomic mass is 10.3. The smallest absolute Gasteiger partial charge is 0.344 e. The summed E-state index contributed by atoms with van der Waals surface area (Å²) in [5.41, 5.74) is 0.537. The van der Waals surface area contributed by atoms with Crippen molar-refractivity contribution in [2.24, 2.45) is 7.05 Å². The zero-order chi connectivity index (χ0) is 18.9. The molecule has 5 heteroatoms. The van der Waals surface area contributed by atoms with Gasteiger partial charge >= 0.3 is 5.97 Å². The van der Waals surface area contributed by atoms with Gasteiger partial charge in [0.15, 0.2) is 12.4 Å². The van der Waals surface area contributed by atoms with Crippen LogP contribution < -0.4 is 14.0 Å². The molecular weight excluding hydrogens is 342 g/mol. The van der Waals surface area contributed by atoms with E-state index in [-0.39, 0.29) is 5.97 Å². The Morgan fingerprint density at radius 2 is 1.56 bits per heavy atom. The van der Waals surface area contributed by atoms with Gasteiger partial charge in [0.1, 0.15) is 29.9 Å². The highest BCUT2D eigenvalue weighted by Crippen LogP contribution is 2.23. The Morgan fingerprint density at radius 1 is 0.852 bits per heavy atom. The number of hydrogen-bond acceptors (Lipinski definition) is 4. The molecule has 27 heavy (non-hydrogen) atoms. The number of aromatic nitrogens is 1. The number of nitrogens with zero attached hydrogens (tertiary/aromatic N) is 1. The van der Waals surface area contributed by atoms with E-state index in [4.69, 9.17) is 14.2 Å². The summed E-state index contributed by atoms with van der Waals surface area (Å²) in [6, 6.07) is 20.6. The summed E-state index contributed by atoms with van der Waals surface area (Å²) < 4.78 is 18.5. The summed E-state index contributed by atoms with van der Waals surface area (Å²) in [5, 5.41) is 0. The number of benzene rings is 2. The monoisotopic (exact) mass is 364 g/mol. The first-order chi connectivity index (χ1) is 13.2. The number of para-hydroxylation sites is 1. The number of hydrogen-bond donors (Lipinski definition) is 0. The molecule has 0 atom stereocenters. The minimum absolute atomic E-state index is 0.312. The number of esters is 1. The quantitative estimate of drug-likeness (QED) is 0.345. The predicted octanol–water partition coefficient (Wildman–Crippen LogP) is 3.93. The van der Waals surface area contributed by atoms with E-state index in [2.05, 4.69) is 0 Å². The molecule has 0 saturated heterocycles. The van der Waals surface area contributed by atoms with Gasteiger partial charge in [0, 0.05) is 12.5 Å². The van der Waals surface area contributed by atoms with Crippen molar-refractivity contribution in [2.45, 2.75) is 6.42 Å². The van der Waals surface area contributed by atoms with Crippen molar-refractivity contribution in [2.75, 3.05) is 13.2 Å². The molecule has 0 fully saturated rings. The summed E-state index contributed by atoms with van der Waals surface area (Å²) in [6.45, 7) is 0.779. The predicted molar refractivity (Wildman–Crippen MR) is 101 cm³/mol. The third kappa shape index (κ3) is 5.85. The average Bonchev–Trinajstić information content (AvgIpc) is 2.69. The highest BCUT2D eigenvalue weighted by Gasteiger charge is 2.10. The molecule has 5 nitrogen and oxygen atoms in total. The summed E-state index contributed by atoms with van der Waals surface area (Å²) in [4.78, 5) is 11.9. The fraction of sp³-hybridized carbons (Fsp3) is 0.182. The van der Waals surface area contributed by atoms with Crippen LogP contribution >= 0.6 is 0 Å². The SMILES string of the molecule is C[n+]1cccc(C(=O)OCCCOc2ccc(Oc3ccccc3)cc2)c1. The molecule has 0 N–H and O–H groups in total. The van der Waals surface area contributed by atoms with E-state index in [1.165, 1.54) is 0 Å². The minimum Gasteiger partial charge on any atom is -0.493 e. The number of pyridine rings is 1. The van der Waals surface area contributed by atoms with E-state index in [1.807, 2.05) is 78.5 Å². The number of aryl methyl sites for hydroxylation is 1. The zero-order valence-electron chi connectivity index (χ0n) is 15.2. The van der Waals surface area contributed by atoms with E-state index in [1.54, 1.807) is 12.3 Å². The zero-order valence-corrected chi connectivity index (χ0v) is 15.2. The first-order valence-electron chi connectivity index (χ1n) is 8.79. The molecule has 0 aliphatic carbocycles. The molecule has 1 heterocycles. The Balaban J connectivity index is 1.37. The maximum Gasteiger partial charge on any atom is 0.344 e. The second-order valence-corrected chi connectivity index (χ2v) is 5.98. The number of ether oxygens (including phenoxy) is 3. The molecule has 3 rings (SSSR count). The first-order valence-corrected chi connectivity index (χ1v) is 8.79. The van der Waals surface area contributed by atoms with Gasteiger partial charge in [-0.1, -0.05) is 18.2 Å². The topological polar surface area (TPSA) is 48.6 Å². The molecule has 0 aliphatic heterocycles. The molecule has 0 spiro atoms. The Labute approximate surface area is 158 Å². The Kier molecular flexibility index (Phi) is 6.41. The van der Waals surface area contributed by atoms with E-state index in [0.717, 1.165) is 17.2 Å². The van der Waals surface area contributed by atoms with Crippen molar-refractivity contribution in [3.8, 4) is 17.2 Å². The van der Waals surface area contributed by atoms with Gasteiger partial charge in [-0.05, 0) is 42.5 Å². The third-order valence-corrected chi connectivity index (χ3v) is 3.77. The highest BCUT2D eigenvalue weighted by molar-refractivity contribution is 5.88. The summed E-state index contributed by atoms with van der Waals surface area (Å²) in [6.07, 6.45) is 4.21. The average molecular weight is 364 g/mol. The normalized spacial score (nSPS) is 10.3. The second kappa shape index (κ2) is 9.38. The van der Waals surface area contributed by atoms with Crippen LogP contribution in [0.25, 0.3) is 0 Å². The van der Waals surface area contributed by atoms with Gasteiger partial charge < -0.3 is 14.2 Å². The van der Waals surface area contributed by atoms with Crippen molar-refractivity contribution in [1.29, 1.82) is 0 Å². The Bertz CT molecular complexity index is 863. The number of rotatable bonds is 8. The number of carbonyl (C=O) groups is 1. The van der Waals surface area contributed by atoms with Crippen molar-refractivity contribution >= 4 is 5.97 Å². The lowest BCUT2D eigenvalue weighted by Crippen LogP contribution is -2.28. The maximum absolute atomic E-state index is 11.9. The third-order valence-electron chi connectivity index (χ3n) is 3.77. The standard InChI is InChI=1S/C22H22NO4/c1-23-14-5-7-18(17-23)22(24)26-16-6-15-25-19-10-12-21(13-11-19)27-20-8-3-2-4-9-20/h2-5,7-14,17H,6,15-16H2,1H3/q+1. The van der Waals surface area contributed by atoms with Crippen LogP contribution in [-0.2, 0) is 11.8 Å². The molecule has 2 aromatic carbocycles. The molecule has 0 saturated carbocycles. The molecule has 0 bridgehead atoms. The van der Waals surface area contributed by atoms with Gasteiger partial charge in [-0.25, -0.2) is 9.36 Å². The van der Waals surface area contributed by atoms with Gasteiger partial charge in [-0.15, -0.1) is 0 Å². The first kappa shape index (κ1) is 18.5. The summed E-state index contributed by atoms with van der Waals surface area (Å²) in [7, 11) is 1.86. The van der Waals surface area contributed by atoms with Gasteiger partial charge in [0.05, 0.1) is 13.2 Å². The van der Waals surface area contributed by atoms with Gasteiger partial charge in [-0.2, -0.15) is 0 Å². The molecular formula is C22H22NO4+. The van der Waals surface area contributed by atoms with Crippen molar-refractivity contribution < 1.29 is 23.6 Å². The van der Waals surface area contributed by atoms with E-state index in [9.17, 15) is 4.79 Å². The lowest BCUT2D eigenvalue weighted by Gasteiger charge is -2.09. The lowest BCUT2D eigenvalue weighted by molar-refractivity contribution is -0.671. The van der Waals surface area contributed by atoms with Gasteiger partial charge in [0.25, 0.3) is 0 Å². The number of carbonyl (C=O) groups excluding carboxylic acids is 1.